The zero-order valence-electron chi connectivity index (χ0n) is 17.5. The second-order valence-corrected chi connectivity index (χ2v) is 10.6. The molecule has 0 radical (unpaired) electrons. The molecule has 0 atom stereocenters. The number of furan rings is 1. The molecular formula is C21H20F3N3O4S2. The zero-order chi connectivity index (χ0) is 23.8. The van der Waals surface area contributed by atoms with Crippen molar-refractivity contribution in [3.63, 3.8) is 0 Å². The van der Waals surface area contributed by atoms with Crippen LogP contribution in [0.25, 0.3) is 0 Å². The van der Waals surface area contributed by atoms with Gasteiger partial charge in [0, 0.05) is 36.7 Å². The van der Waals surface area contributed by atoms with Gasteiger partial charge in [-0.1, -0.05) is 18.2 Å². The first-order valence-corrected chi connectivity index (χ1v) is 12.3. The minimum atomic E-state index is -4.43. The summed E-state index contributed by atoms with van der Waals surface area (Å²) in [6, 6.07) is 6.21. The summed E-state index contributed by atoms with van der Waals surface area (Å²) in [4.78, 5) is 17.3. The molecule has 1 fully saturated rings. The number of halogens is 3. The summed E-state index contributed by atoms with van der Waals surface area (Å²) < 4.78 is 71.0. The van der Waals surface area contributed by atoms with Gasteiger partial charge in [0.05, 0.1) is 5.56 Å². The molecule has 0 bridgehead atoms. The van der Waals surface area contributed by atoms with Gasteiger partial charge in [-0.15, -0.1) is 11.3 Å². The highest BCUT2D eigenvalue weighted by Gasteiger charge is 2.32. The van der Waals surface area contributed by atoms with Gasteiger partial charge >= 0.3 is 6.18 Å². The topological polar surface area (TPSA) is 92.5 Å². The van der Waals surface area contributed by atoms with Crippen molar-refractivity contribution in [3.05, 3.63) is 64.1 Å². The highest BCUT2D eigenvalue weighted by molar-refractivity contribution is 7.89. The zero-order valence-corrected chi connectivity index (χ0v) is 19.1. The van der Waals surface area contributed by atoms with Gasteiger partial charge in [0.25, 0.3) is 5.91 Å². The third-order valence-electron chi connectivity index (χ3n) is 5.19. The lowest BCUT2D eigenvalue weighted by Gasteiger charge is -2.14. The Labute approximate surface area is 192 Å². The molecule has 0 spiro atoms. The maximum atomic E-state index is 12.9. The Morgan fingerprint density at radius 2 is 1.97 bits per heavy atom. The summed E-state index contributed by atoms with van der Waals surface area (Å²) in [5, 5.41) is 2.77. The number of carbonyl (C=O) groups is 1. The van der Waals surface area contributed by atoms with Crippen LogP contribution in [0, 0.1) is 6.92 Å². The van der Waals surface area contributed by atoms with E-state index in [-0.39, 0.29) is 28.0 Å². The van der Waals surface area contributed by atoms with Gasteiger partial charge in [-0.05, 0) is 31.4 Å². The van der Waals surface area contributed by atoms with Gasteiger partial charge in [-0.3, -0.25) is 10.1 Å². The molecule has 1 saturated heterocycles. The molecule has 12 heteroatoms. The van der Waals surface area contributed by atoms with Crippen LogP contribution < -0.4 is 5.32 Å². The predicted molar refractivity (Wildman–Crippen MR) is 116 cm³/mol. The van der Waals surface area contributed by atoms with Crippen LogP contribution in [0.1, 0.15) is 45.2 Å². The van der Waals surface area contributed by atoms with Gasteiger partial charge < -0.3 is 4.42 Å². The number of aromatic nitrogens is 1. The van der Waals surface area contributed by atoms with E-state index in [0.717, 1.165) is 36.3 Å². The number of carbonyl (C=O) groups excluding carboxylic acids is 1. The molecular weight excluding hydrogens is 479 g/mol. The molecule has 33 heavy (non-hydrogen) atoms. The normalized spacial score (nSPS) is 15.2. The smallest absolute Gasteiger partial charge is 0.416 e. The van der Waals surface area contributed by atoms with Crippen molar-refractivity contribution >= 4 is 32.4 Å². The SMILES string of the molecule is Cc1oc(C(=O)Nc2ncc(Cc3cccc(C(F)(F)F)c3)s2)cc1S(=O)(=O)N1CCCC1. The number of aryl methyl sites for hydroxylation is 1. The van der Waals surface area contributed by atoms with Gasteiger partial charge in [-0.25, -0.2) is 13.4 Å². The molecule has 3 heterocycles. The van der Waals surface area contributed by atoms with E-state index in [0.29, 0.717) is 23.5 Å². The first kappa shape index (κ1) is 23.5. The molecule has 3 aromatic rings. The van der Waals surface area contributed by atoms with E-state index >= 15 is 0 Å². The number of nitrogens with one attached hydrogen (secondary N) is 1. The molecule has 1 N–H and O–H groups in total. The molecule has 176 valence electrons. The number of rotatable bonds is 6. The van der Waals surface area contributed by atoms with Crippen molar-refractivity contribution in [1.82, 2.24) is 9.29 Å². The largest absolute Gasteiger partial charge is 0.455 e. The fraction of sp³-hybridized carbons (Fsp3) is 0.333. The molecule has 0 aliphatic carbocycles. The standard InChI is InChI=1S/C21H20F3N3O4S2/c1-13-18(33(29,30)27-7-2-3-8-27)11-17(31-13)19(28)26-20-25-12-16(32-20)10-14-5-4-6-15(9-14)21(22,23)24/h4-6,9,11-12H,2-3,7-8,10H2,1H3,(H,25,26,28). The highest BCUT2D eigenvalue weighted by atomic mass is 32.2. The van der Waals surface area contributed by atoms with Gasteiger partial charge in [0.2, 0.25) is 10.0 Å². The monoisotopic (exact) mass is 499 g/mol. The lowest BCUT2D eigenvalue weighted by atomic mass is 10.1. The average Bonchev–Trinajstić information content (AvgIpc) is 3.49. The van der Waals surface area contributed by atoms with E-state index in [1.54, 1.807) is 6.07 Å². The predicted octanol–water partition coefficient (Wildman–Crippen LogP) is 4.69. The molecule has 0 saturated carbocycles. The fourth-order valence-electron chi connectivity index (χ4n) is 3.57. The number of hydrogen-bond acceptors (Lipinski definition) is 6. The van der Waals surface area contributed by atoms with Crippen LogP contribution in [0.4, 0.5) is 18.3 Å². The molecule has 1 aromatic carbocycles. The Morgan fingerprint density at radius 1 is 1.24 bits per heavy atom. The Morgan fingerprint density at radius 3 is 2.67 bits per heavy atom. The second-order valence-electron chi connectivity index (χ2n) is 7.60. The number of nitrogens with zero attached hydrogens (tertiary/aromatic N) is 2. The van der Waals surface area contributed by atoms with Gasteiger partial charge in [-0.2, -0.15) is 17.5 Å². The lowest BCUT2D eigenvalue weighted by Crippen LogP contribution is -2.28. The van der Waals surface area contributed by atoms with Crippen LogP contribution in [0.5, 0.6) is 0 Å². The number of thiazole rings is 1. The Kier molecular flexibility index (Phi) is 6.34. The number of sulfonamides is 1. The summed E-state index contributed by atoms with van der Waals surface area (Å²) in [7, 11) is -3.73. The number of amides is 1. The maximum Gasteiger partial charge on any atom is 0.416 e. The lowest BCUT2D eigenvalue weighted by molar-refractivity contribution is -0.137. The van der Waals surface area contributed by atoms with E-state index in [9.17, 15) is 26.4 Å². The second kappa shape index (κ2) is 8.92. The van der Waals surface area contributed by atoms with Crippen LogP contribution in [0.15, 0.2) is 45.8 Å². The van der Waals surface area contributed by atoms with Crippen LogP contribution in [0.2, 0.25) is 0 Å². The number of benzene rings is 1. The third-order valence-corrected chi connectivity index (χ3v) is 8.10. The fourth-order valence-corrected chi connectivity index (χ4v) is 6.09. The van der Waals surface area contributed by atoms with Crippen LogP contribution >= 0.6 is 11.3 Å². The van der Waals surface area contributed by atoms with Crippen molar-refractivity contribution in [2.75, 3.05) is 18.4 Å². The van der Waals surface area contributed by atoms with Crippen molar-refractivity contribution < 1.29 is 30.8 Å². The summed E-state index contributed by atoms with van der Waals surface area (Å²) in [5.74, 6) is -0.711. The highest BCUT2D eigenvalue weighted by Crippen LogP contribution is 2.31. The van der Waals surface area contributed by atoms with Crippen LogP contribution in [0.3, 0.4) is 0 Å². The van der Waals surface area contributed by atoms with Crippen LogP contribution in [-0.2, 0) is 22.6 Å². The first-order valence-electron chi connectivity index (χ1n) is 10.1. The number of anilines is 1. The summed E-state index contributed by atoms with van der Waals surface area (Å²) in [6.07, 6.45) is -1.16. The molecule has 1 aliphatic rings. The van der Waals surface area contributed by atoms with Crippen molar-refractivity contribution in [3.8, 4) is 0 Å². The minimum Gasteiger partial charge on any atom is -0.455 e. The molecule has 2 aromatic heterocycles. The molecule has 4 rings (SSSR count). The van der Waals surface area contributed by atoms with E-state index in [2.05, 4.69) is 10.3 Å². The minimum absolute atomic E-state index is 0.0427. The summed E-state index contributed by atoms with van der Waals surface area (Å²) >= 11 is 1.11. The Balaban J connectivity index is 1.45. The quantitative estimate of drug-likeness (QED) is 0.531. The Bertz CT molecular complexity index is 1280. The summed E-state index contributed by atoms with van der Waals surface area (Å²) in [5.41, 5.74) is -0.268. The third kappa shape index (κ3) is 5.12. The van der Waals surface area contributed by atoms with Crippen molar-refractivity contribution in [2.45, 2.75) is 37.3 Å². The maximum absolute atomic E-state index is 12.9. The number of hydrogen-bond donors (Lipinski definition) is 1. The van der Waals surface area contributed by atoms with E-state index in [1.165, 1.54) is 29.6 Å². The van der Waals surface area contributed by atoms with Gasteiger partial charge in [0.15, 0.2) is 10.9 Å². The molecule has 0 unspecified atom stereocenters. The van der Waals surface area contributed by atoms with E-state index < -0.39 is 27.7 Å². The van der Waals surface area contributed by atoms with E-state index in [4.69, 9.17) is 4.42 Å². The number of alkyl halides is 3. The van der Waals surface area contributed by atoms with Crippen LogP contribution in [-0.4, -0.2) is 36.7 Å². The van der Waals surface area contributed by atoms with Gasteiger partial charge in [0.1, 0.15) is 10.7 Å². The van der Waals surface area contributed by atoms with Crippen molar-refractivity contribution in [2.24, 2.45) is 0 Å². The average molecular weight is 500 g/mol. The first-order chi connectivity index (χ1) is 15.5. The van der Waals surface area contributed by atoms with Crippen molar-refractivity contribution in [1.29, 1.82) is 0 Å². The summed E-state index contributed by atoms with van der Waals surface area (Å²) in [6.45, 7) is 2.35. The molecule has 1 aliphatic heterocycles. The molecule has 7 nitrogen and oxygen atoms in total. The van der Waals surface area contributed by atoms with E-state index in [1.807, 2.05) is 0 Å². The Hall–Kier alpha value is -2.70. The molecule has 1 amide bonds.